The molecule has 28 heavy (non-hydrogen) atoms. The van der Waals surface area contributed by atoms with Crippen molar-refractivity contribution in [2.75, 3.05) is 13.7 Å². The maximum Gasteiger partial charge on any atom is 0.407 e. The van der Waals surface area contributed by atoms with Crippen LogP contribution in [0.25, 0.3) is 10.8 Å². The molecule has 0 fully saturated rings. The molecule has 3 rings (SSSR count). The lowest BCUT2D eigenvalue weighted by Gasteiger charge is -2.14. The van der Waals surface area contributed by atoms with Gasteiger partial charge in [-0.3, -0.25) is 0 Å². The van der Waals surface area contributed by atoms with Crippen molar-refractivity contribution >= 4 is 16.9 Å². The quantitative estimate of drug-likeness (QED) is 0.560. The van der Waals surface area contributed by atoms with Crippen LogP contribution in [0, 0.1) is 0 Å². The number of hydrogen-bond donors (Lipinski definition) is 1. The smallest absolute Gasteiger partial charge is 0.407 e. The van der Waals surface area contributed by atoms with E-state index in [0.717, 1.165) is 40.0 Å². The second-order valence-electron chi connectivity index (χ2n) is 6.49. The molecule has 0 aliphatic carbocycles. The van der Waals surface area contributed by atoms with Crippen LogP contribution in [-0.2, 0) is 4.74 Å². The molecule has 0 aliphatic rings. The first kappa shape index (κ1) is 19.5. The second-order valence-corrected chi connectivity index (χ2v) is 6.49. The first-order valence-electron chi connectivity index (χ1n) is 9.42. The first-order valence-corrected chi connectivity index (χ1v) is 9.42. The second kappa shape index (κ2) is 9.13. The van der Waals surface area contributed by atoms with Gasteiger partial charge in [0.2, 0.25) is 0 Å². The van der Waals surface area contributed by atoms with E-state index < -0.39 is 6.09 Å². The Labute approximate surface area is 165 Å². The highest BCUT2D eigenvalue weighted by molar-refractivity contribution is 5.84. The molecule has 0 radical (unpaired) electrons. The van der Waals surface area contributed by atoms with Crippen molar-refractivity contribution in [3.8, 4) is 17.2 Å². The lowest BCUT2D eigenvalue weighted by Crippen LogP contribution is -2.20. The summed E-state index contributed by atoms with van der Waals surface area (Å²) in [6, 6.07) is 19.5. The number of carbonyl (C=O) groups is 1. The molecule has 0 saturated carbocycles. The molecule has 3 aromatic rings. The summed E-state index contributed by atoms with van der Waals surface area (Å²) in [5.74, 6) is 2.36. The number of nitrogens with one attached hydrogen (secondary N) is 1. The van der Waals surface area contributed by atoms with Crippen molar-refractivity contribution < 1.29 is 19.0 Å². The minimum Gasteiger partial charge on any atom is -0.494 e. The molecule has 0 aliphatic heterocycles. The SMILES string of the molecule is CCCOc1ccc(Oc2ccc3cc(C(C)OC(=O)NC)ccc3c2)cc1. The molecule has 0 bridgehead atoms. The fourth-order valence-corrected chi connectivity index (χ4v) is 2.81. The summed E-state index contributed by atoms with van der Waals surface area (Å²) in [6.07, 6.45) is 0.212. The number of hydrogen-bond acceptors (Lipinski definition) is 4. The average molecular weight is 379 g/mol. The zero-order chi connectivity index (χ0) is 19.9. The molecule has 0 aromatic heterocycles. The van der Waals surface area contributed by atoms with E-state index in [-0.39, 0.29) is 6.10 Å². The highest BCUT2D eigenvalue weighted by atomic mass is 16.6. The van der Waals surface area contributed by atoms with Crippen LogP contribution in [0.2, 0.25) is 0 Å². The lowest BCUT2D eigenvalue weighted by atomic mass is 10.0. The number of ether oxygens (including phenoxy) is 3. The number of benzene rings is 3. The van der Waals surface area contributed by atoms with Gasteiger partial charge in [0.1, 0.15) is 23.4 Å². The van der Waals surface area contributed by atoms with Crippen molar-refractivity contribution in [1.82, 2.24) is 5.32 Å². The number of rotatable bonds is 7. The number of amides is 1. The third-order valence-electron chi connectivity index (χ3n) is 4.33. The zero-order valence-electron chi connectivity index (χ0n) is 16.4. The van der Waals surface area contributed by atoms with Crippen molar-refractivity contribution in [1.29, 1.82) is 0 Å². The van der Waals surface area contributed by atoms with Crippen LogP contribution >= 0.6 is 0 Å². The summed E-state index contributed by atoms with van der Waals surface area (Å²) in [7, 11) is 1.54. The van der Waals surface area contributed by atoms with Crippen LogP contribution < -0.4 is 14.8 Å². The first-order chi connectivity index (χ1) is 13.6. The monoisotopic (exact) mass is 379 g/mol. The van der Waals surface area contributed by atoms with Gasteiger partial charge in [0, 0.05) is 7.05 Å². The Hall–Kier alpha value is -3.21. The Morgan fingerprint density at radius 3 is 2.29 bits per heavy atom. The van der Waals surface area contributed by atoms with Crippen molar-refractivity contribution in [3.05, 3.63) is 66.2 Å². The predicted molar refractivity (Wildman–Crippen MR) is 110 cm³/mol. The molecule has 3 aromatic carbocycles. The Balaban J connectivity index is 1.72. The normalized spacial score (nSPS) is 11.7. The van der Waals surface area contributed by atoms with Crippen molar-refractivity contribution in [2.45, 2.75) is 26.4 Å². The summed E-state index contributed by atoms with van der Waals surface area (Å²) >= 11 is 0. The average Bonchev–Trinajstić information content (AvgIpc) is 2.72. The van der Waals surface area contributed by atoms with Gasteiger partial charge in [-0.05, 0) is 72.1 Å². The van der Waals surface area contributed by atoms with Gasteiger partial charge in [0.15, 0.2) is 0 Å². The fourth-order valence-electron chi connectivity index (χ4n) is 2.81. The summed E-state index contributed by atoms with van der Waals surface area (Å²) in [4.78, 5) is 11.4. The summed E-state index contributed by atoms with van der Waals surface area (Å²) < 4.78 is 16.8. The van der Waals surface area contributed by atoms with Crippen LogP contribution in [0.4, 0.5) is 4.79 Å². The third-order valence-corrected chi connectivity index (χ3v) is 4.33. The van der Waals surface area contributed by atoms with Crippen LogP contribution in [0.3, 0.4) is 0 Å². The van der Waals surface area contributed by atoms with Gasteiger partial charge >= 0.3 is 6.09 Å². The van der Waals surface area contributed by atoms with E-state index in [4.69, 9.17) is 14.2 Å². The van der Waals surface area contributed by atoms with Crippen LogP contribution in [0.5, 0.6) is 17.2 Å². The molecule has 1 amide bonds. The summed E-state index contributed by atoms with van der Waals surface area (Å²) in [5, 5.41) is 4.57. The number of carbonyl (C=O) groups excluding carboxylic acids is 1. The van der Waals surface area contributed by atoms with E-state index >= 15 is 0 Å². The van der Waals surface area contributed by atoms with E-state index in [9.17, 15) is 4.79 Å². The highest BCUT2D eigenvalue weighted by Crippen LogP contribution is 2.29. The molecule has 1 unspecified atom stereocenters. The van der Waals surface area contributed by atoms with E-state index in [1.807, 2.05) is 67.6 Å². The van der Waals surface area contributed by atoms with Gasteiger partial charge in [-0.2, -0.15) is 0 Å². The Morgan fingerprint density at radius 1 is 0.929 bits per heavy atom. The van der Waals surface area contributed by atoms with Crippen LogP contribution in [-0.4, -0.2) is 19.7 Å². The Kier molecular flexibility index (Phi) is 6.37. The maximum atomic E-state index is 11.4. The molecule has 5 heteroatoms. The van der Waals surface area contributed by atoms with Crippen molar-refractivity contribution in [3.63, 3.8) is 0 Å². The van der Waals surface area contributed by atoms with Gasteiger partial charge in [-0.25, -0.2) is 4.79 Å². The fraction of sp³-hybridized carbons (Fsp3) is 0.261. The van der Waals surface area contributed by atoms with Crippen LogP contribution in [0.1, 0.15) is 31.9 Å². The van der Waals surface area contributed by atoms with E-state index in [1.165, 1.54) is 0 Å². The van der Waals surface area contributed by atoms with Gasteiger partial charge < -0.3 is 19.5 Å². The molecule has 5 nitrogen and oxygen atoms in total. The van der Waals surface area contributed by atoms with E-state index in [2.05, 4.69) is 12.2 Å². The van der Waals surface area contributed by atoms with Gasteiger partial charge in [-0.15, -0.1) is 0 Å². The maximum absolute atomic E-state index is 11.4. The predicted octanol–water partition coefficient (Wildman–Crippen LogP) is 5.84. The molecule has 146 valence electrons. The minimum absolute atomic E-state index is 0.325. The van der Waals surface area contributed by atoms with Gasteiger partial charge in [-0.1, -0.05) is 25.1 Å². The molecular weight excluding hydrogens is 354 g/mol. The molecule has 0 saturated heterocycles. The van der Waals surface area contributed by atoms with Crippen LogP contribution in [0.15, 0.2) is 60.7 Å². The Morgan fingerprint density at radius 2 is 1.57 bits per heavy atom. The van der Waals surface area contributed by atoms with E-state index in [1.54, 1.807) is 7.05 Å². The lowest BCUT2D eigenvalue weighted by molar-refractivity contribution is 0.109. The molecule has 0 heterocycles. The molecule has 1 atom stereocenters. The standard InChI is InChI=1S/C23H25NO4/c1-4-13-26-20-9-11-21(12-10-20)28-22-8-7-18-14-17(5-6-19(18)15-22)16(2)27-23(25)24-3/h5-12,14-16H,4,13H2,1-3H3,(H,24,25). The molecule has 0 spiro atoms. The summed E-state index contributed by atoms with van der Waals surface area (Å²) in [5.41, 5.74) is 0.937. The van der Waals surface area contributed by atoms with Gasteiger partial charge in [0.25, 0.3) is 0 Å². The highest BCUT2D eigenvalue weighted by Gasteiger charge is 2.11. The number of fused-ring (bicyclic) bond motifs is 1. The largest absolute Gasteiger partial charge is 0.494 e. The van der Waals surface area contributed by atoms with Gasteiger partial charge in [0.05, 0.1) is 6.61 Å². The zero-order valence-corrected chi connectivity index (χ0v) is 16.4. The third kappa shape index (κ3) is 4.94. The van der Waals surface area contributed by atoms with E-state index in [0.29, 0.717) is 6.61 Å². The molecule has 1 N–H and O–H groups in total. The van der Waals surface area contributed by atoms with Crippen molar-refractivity contribution in [2.24, 2.45) is 0 Å². The molecular formula is C23H25NO4. The topological polar surface area (TPSA) is 56.8 Å². The Bertz CT molecular complexity index is 937. The summed E-state index contributed by atoms with van der Waals surface area (Å²) in [6.45, 7) is 4.64. The minimum atomic E-state index is -0.442. The number of alkyl carbamates (subject to hydrolysis) is 1.